The Morgan fingerprint density at radius 3 is 2.30 bits per heavy atom. The summed E-state index contributed by atoms with van der Waals surface area (Å²) >= 11 is 0.920. The molecular formula is C16H16FNOS. The van der Waals surface area contributed by atoms with E-state index in [-0.39, 0.29) is 0 Å². The quantitative estimate of drug-likeness (QED) is 0.792. The van der Waals surface area contributed by atoms with Gasteiger partial charge in [0.05, 0.1) is 0 Å². The van der Waals surface area contributed by atoms with Gasteiger partial charge in [-0.05, 0) is 31.2 Å². The number of amides is 1. The van der Waals surface area contributed by atoms with Crippen LogP contribution >= 0.6 is 11.8 Å². The number of anilines is 1. The van der Waals surface area contributed by atoms with Crippen molar-refractivity contribution in [2.75, 3.05) is 11.9 Å². The molecule has 0 aliphatic carbocycles. The van der Waals surface area contributed by atoms with Crippen molar-refractivity contribution in [3.63, 3.8) is 0 Å². The van der Waals surface area contributed by atoms with Crippen molar-refractivity contribution in [3.05, 3.63) is 60.2 Å². The van der Waals surface area contributed by atoms with Gasteiger partial charge in [-0.15, -0.1) is 0 Å². The number of thioether (sulfide) groups is 1. The third-order valence-electron chi connectivity index (χ3n) is 2.93. The minimum absolute atomic E-state index is 0.553. The fourth-order valence-corrected chi connectivity index (χ4v) is 2.53. The molecule has 0 aromatic heterocycles. The lowest BCUT2D eigenvalue weighted by atomic mass is 10.2. The van der Waals surface area contributed by atoms with Gasteiger partial charge in [-0.2, -0.15) is 0 Å². The van der Waals surface area contributed by atoms with E-state index in [1.54, 1.807) is 19.2 Å². The molecule has 2 rings (SSSR count). The van der Waals surface area contributed by atoms with E-state index in [2.05, 4.69) is 0 Å². The molecule has 0 spiro atoms. The summed E-state index contributed by atoms with van der Waals surface area (Å²) in [7, 11) is 1.59. The zero-order chi connectivity index (χ0) is 14.5. The average Bonchev–Trinajstić information content (AvgIpc) is 2.47. The van der Waals surface area contributed by atoms with Crippen LogP contribution in [-0.2, 0) is 4.79 Å². The van der Waals surface area contributed by atoms with Crippen LogP contribution in [0.15, 0.2) is 59.5 Å². The molecule has 0 radical (unpaired) electrons. The van der Waals surface area contributed by atoms with Gasteiger partial charge < -0.3 is 4.90 Å². The Hall–Kier alpha value is -1.81. The van der Waals surface area contributed by atoms with Gasteiger partial charge in [0, 0.05) is 17.6 Å². The van der Waals surface area contributed by atoms with Gasteiger partial charge in [0.1, 0.15) is 0 Å². The van der Waals surface area contributed by atoms with Gasteiger partial charge in [-0.25, -0.2) is 4.39 Å². The van der Waals surface area contributed by atoms with E-state index in [1.807, 2.05) is 49.4 Å². The summed E-state index contributed by atoms with van der Waals surface area (Å²) in [6, 6.07) is 16.5. The summed E-state index contributed by atoms with van der Waals surface area (Å²) in [5.74, 6) is -0.553. The first kappa shape index (κ1) is 14.6. The van der Waals surface area contributed by atoms with E-state index in [0.29, 0.717) is 5.69 Å². The first-order valence-corrected chi connectivity index (χ1v) is 7.16. The van der Waals surface area contributed by atoms with Crippen LogP contribution in [0, 0.1) is 6.92 Å². The van der Waals surface area contributed by atoms with Crippen molar-refractivity contribution < 1.29 is 9.18 Å². The molecule has 20 heavy (non-hydrogen) atoms. The smallest absolute Gasteiger partial charge is 0.272 e. The summed E-state index contributed by atoms with van der Waals surface area (Å²) < 4.78 is 14.1. The first-order chi connectivity index (χ1) is 9.58. The average molecular weight is 289 g/mol. The van der Waals surface area contributed by atoms with Crippen molar-refractivity contribution in [2.45, 2.75) is 17.3 Å². The van der Waals surface area contributed by atoms with Crippen LogP contribution in [0.4, 0.5) is 10.1 Å². The number of carbonyl (C=O) groups is 1. The normalized spacial score (nSPS) is 11.9. The Labute approximate surface area is 122 Å². The van der Waals surface area contributed by atoms with Gasteiger partial charge in [0.25, 0.3) is 5.91 Å². The van der Waals surface area contributed by atoms with E-state index in [0.717, 1.165) is 22.2 Å². The van der Waals surface area contributed by atoms with Crippen LogP contribution in [0.2, 0.25) is 0 Å². The molecule has 2 aromatic rings. The summed E-state index contributed by atoms with van der Waals surface area (Å²) in [5.41, 5.74) is 0.186. The molecule has 0 heterocycles. The summed E-state index contributed by atoms with van der Waals surface area (Å²) in [6.07, 6.45) is 0. The lowest BCUT2D eigenvalue weighted by Gasteiger charge is -2.19. The summed E-state index contributed by atoms with van der Waals surface area (Å²) in [5, 5.41) is 0. The summed E-state index contributed by atoms with van der Waals surface area (Å²) in [4.78, 5) is 14.2. The Balaban J connectivity index is 2.04. The predicted octanol–water partition coefficient (Wildman–Crippen LogP) is 4.05. The lowest BCUT2D eigenvalue weighted by molar-refractivity contribution is -0.120. The minimum Gasteiger partial charge on any atom is -0.312 e. The highest BCUT2D eigenvalue weighted by Gasteiger charge is 2.23. The lowest BCUT2D eigenvalue weighted by Crippen LogP contribution is -2.32. The fourth-order valence-electron chi connectivity index (χ4n) is 1.72. The van der Waals surface area contributed by atoms with Crippen molar-refractivity contribution in [3.8, 4) is 0 Å². The molecule has 4 heteroatoms. The second kappa shape index (κ2) is 6.57. The zero-order valence-electron chi connectivity index (χ0n) is 11.4. The van der Waals surface area contributed by atoms with Crippen LogP contribution in [0.3, 0.4) is 0 Å². The first-order valence-electron chi connectivity index (χ1n) is 6.28. The highest BCUT2D eigenvalue weighted by molar-refractivity contribution is 8.00. The van der Waals surface area contributed by atoms with Crippen molar-refractivity contribution in [1.82, 2.24) is 0 Å². The number of hydrogen-bond donors (Lipinski definition) is 0. The van der Waals surface area contributed by atoms with E-state index < -0.39 is 11.4 Å². The molecule has 0 aliphatic heterocycles. The molecule has 1 amide bonds. The van der Waals surface area contributed by atoms with Crippen LogP contribution in [0.5, 0.6) is 0 Å². The molecular weight excluding hydrogens is 273 g/mol. The number of hydrogen-bond acceptors (Lipinski definition) is 2. The predicted molar refractivity (Wildman–Crippen MR) is 81.8 cm³/mol. The van der Waals surface area contributed by atoms with E-state index >= 15 is 0 Å². The largest absolute Gasteiger partial charge is 0.312 e. The van der Waals surface area contributed by atoms with Gasteiger partial charge >= 0.3 is 0 Å². The molecule has 2 aromatic carbocycles. The highest BCUT2D eigenvalue weighted by Crippen LogP contribution is 2.26. The van der Waals surface area contributed by atoms with Gasteiger partial charge in [-0.1, -0.05) is 47.7 Å². The molecule has 0 N–H and O–H groups in total. The highest BCUT2D eigenvalue weighted by atomic mass is 32.2. The van der Waals surface area contributed by atoms with E-state index in [1.165, 1.54) is 4.90 Å². The molecule has 0 saturated carbocycles. The molecule has 0 saturated heterocycles. The number of nitrogens with zero attached hydrogens (tertiary/aromatic N) is 1. The van der Waals surface area contributed by atoms with E-state index in [9.17, 15) is 9.18 Å². The number of alkyl halides is 1. The number of halogens is 1. The fraction of sp³-hybridized carbons (Fsp3) is 0.188. The Kier molecular flexibility index (Phi) is 4.79. The Morgan fingerprint density at radius 1 is 1.10 bits per heavy atom. The van der Waals surface area contributed by atoms with Gasteiger partial charge in [-0.3, -0.25) is 4.79 Å². The Bertz CT molecular complexity index is 571. The molecule has 0 bridgehead atoms. The van der Waals surface area contributed by atoms with Crippen molar-refractivity contribution >= 4 is 23.4 Å². The van der Waals surface area contributed by atoms with Crippen LogP contribution in [-0.4, -0.2) is 18.5 Å². The minimum atomic E-state index is -1.61. The van der Waals surface area contributed by atoms with Crippen molar-refractivity contribution in [2.24, 2.45) is 0 Å². The third-order valence-corrected chi connectivity index (χ3v) is 3.88. The molecule has 1 atom stereocenters. The second-order valence-corrected chi connectivity index (χ2v) is 5.60. The third kappa shape index (κ3) is 3.61. The Morgan fingerprint density at radius 2 is 1.70 bits per heavy atom. The monoisotopic (exact) mass is 289 g/mol. The SMILES string of the molecule is Cc1ccc(N(C)C(=O)C(F)Sc2ccccc2)cc1. The van der Waals surface area contributed by atoms with Crippen LogP contribution in [0.1, 0.15) is 5.56 Å². The molecule has 0 aliphatic rings. The number of aryl methyl sites for hydroxylation is 1. The van der Waals surface area contributed by atoms with Crippen molar-refractivity contribution in [1.29, 1.82) is 0 Å². The van der Waals surface area contributed by atoms with E-state index in [4.69, 9.17) is 0 Å². The number of benzene rings is 2. The molecule has 1 unspecified atom stereocenters. The topological polar surface area (TPSA) is 20.3 Å². The van der Waals surface area contributed by atoms with Crippen LogP contribution in [0.25, 0.3) is 0 Å². The number of rotatable bonds is 4. The standard InChI is InChI=1S/C16H16FNOS/c1-12-8-10-13(11-9-12)18(2)16(19)15(17)20-14-6-4-3-5-7-14/h3-11,15H,1-2H3. The van der Waals surface area contributed by atoms with Crippen LogP contribution < -0.4 is 4.90 Å². The maximum absolute atomic E-state index is 14.1. The summed E-state index contributed by atoms with van der Waals surface area (Å²) in [6.45, 7) is 1.97. The molecule has 0 fully saturated rings. The molecule has 2 nitrogen and oxygen atoms in total. The van der Waals surface area contributed by atoms with Gasteiger partial charge in [0.15, 0.2) is 0 Å². The number of carbonyl (C=O) groups excluding carboxylic acids is 1. The zero-order valence-corrected chi connectivity index (χ0v) is 12.2. The maximum Gasteiger partial charge on any atom is 0.272 e. The molecule has 104 valence electrons. The van der Waals surface area contributed by atoms with Gasteiger partial charge in [0.2, 0.25) is 5.50 Å². The maximum atomic E-state index is 14.1. The second-order valence-electron chi connectivity index (χ2n) is 4.48.